The molecule has 2 aliphatic heterocycles. The van der Waals surface area contributed by atoms with Crippen LogP contribution < -0.4 is 5.32 Å². The van der Waals surface area contributed by atoms with Crippen molar-refractivity contribution in [2.45, 2.75) is 62.4 Å². The molecule has 0 bridgehead atoms. The molecule has 0 radical (unpaired) electrons. The first-order valence-electron chi connectivity index (χ1n) is 12.0. The van der Waals surface area contributed by atoms with Crippen LogP contribution in [0.15, 0.2) is 45.8 Å². The van der Waals surface area contributed by atoms with Crippen molar-refractivity contribution >= 4 is 66.7 Å². The van der Waals surface area contributed by atoms with Crippen LogP contribution in [0.3, 0.4) is 0 Å². The van der Waals surface area contributed by atoms with Gasteiger partial charge in [0.1, 0.15) is 6.04 Å². The molecule has 0 aliphatic carbocycles. The fourth-order valence-electron chi connectivity index (χ4n) is 4.80. The van der Waals surface area contributed by atoms with E-state index in [0.29, 0.717) is 39.7 Å². The molecule has 2 aromatic carbocycles. The van der Waals surface area contributed by atoms with Crippen LogP contribution in [0, 0.1) is 0 Å². The van der Waals surface area contributed by atoms with E-state index in [0.717, 1.165) is 32.1 Å². The van der Waals surface area contributed by atoms with E-state index in [1.807, 2.05) is 6.92 Å². The Labute approximate surface area is 230 Å². The number of amides is 2. The Morgan fingerprint density at radius 1 is 1.00 bits per heavy atom. The number of sulfonamides is 1. The Hall–Kier alpha value is -1.65. The number of piperidine rings is 2. The summed E-state index contributed by atoms with van der Waals surface area (Å²) in [5.74, 6) is -0.767. The van der Waals surface area contributed by atoms with Gasteiger partial charge in [0.05, 0.1) is 21.2 Å². The number of carbonyl (C=O) groups is 2. The van der Waals surface area contributed by atoms with Crippen LogP contribution >= 0.6 is 39.1 Å². The van der Waals surface area contributed by atoms with Crippen molar-refractivity contribution < 1.29 is 18.0 Å². The largest absolute Gasteiger partial charge is 0.327 e. The standard InChI is InChI=1S/C25H28BrCl2N3O4S/c1-16-6-2-5-13-31(16)36(34,35)18-9-10-20(26)19(15-18)25(33)30-12-4-3-7-23(30)24(32)29-22-14-17(27)8-11-21(22)28/h8-11,14-16,23H,2-7,12-13H2,1H3,(H,29,32). The molecule has 0 saturated carbocycles. The summed E-state index contributed by atoms with van der Waals surface area (Å²) in [5.41, 5.74) is 0.582. The van der Waals surface area contributed by atoms with Crippen LogP contribution in [0.25, 0.3) is 0 Å². The molecule has 0 aromatic heterocycles. The number of rotatable bonds is 5. The summed E-state index contributed by atoms with van der Waals surface area (Å²) in [6.45, 7) is 2.75. The van der Waals surface area contributed by atoms with Crippen molar-refractivity contribution in [1.82, 2.24) is 9.21 Å². The molecule has 2 aromatic rings. The van der Waals surface area contributed by atoms with E-state index in [2.05, 4.69) is 21.2 Å². The van der Waals surface area contributed by atoms with E-state index < -0.39 is 22.0 Å². The minimum atomic E-state index is -3.76. The highest BCUT2D eigenvalue weighted by molar-refractivity contribution is 9.10. The molecule has 11 heteroatoms. The summed E-state index contributed by atoms with van der Waals surface area (Å²) < 4.78 is 28.8. The first kappa shape index (κ1) is 27.4. The van der Waals surface area contributed by atoms with E-state index in [1.54, 1.807) is 24.3 Å². The molecular weight excluding hydrogens is 589 g/mol. The van der Waals surface area contributed by atoms with Crippen LogP contribution in [0.1, 0.15) is 55.8 Å². The maximum Gasteiger partial charge on any atom is 0.255 e. The van der Waals surface area contributed by atoms with Gasteiger partial charge >= 0.3 is 0 Å². The van der Waals surface area contributed by atoms with Crippen LogP contribution in [-0.2, 0) is 14.8 Å². The lowest BCUT2D eigenvalue weighted by Gasteiger charge is -2.35. The van der Waals surface area contributed by atoms with Gasteiger partial charge in [0.2, 0.25) is 15.9 Å². The van der Waals surface area contributed by atoms with Crippen molar-refractivity contribution in [3.8, 4) is 0 Å². The summed E-state index contributed by atoms with van der Waals surface area (Å²) in [7, 11) is -3.76. The zero-order valence-electron chi connectivity index (χ0n) is 19.8. The van der Waals surface area contributed by atoms with Gasteiger partial charge < -0.3 is 10.2 Å². The van der Waals surface area contributed by atoms with Gasteiger partial charge in [-0.3, -0.25) is 9.59 Å². The normalized spacial score (nSPS) is 21.3. The monoisotopic (exact) mass is 615 g/mol. The SMILES string of the molecule is CC1CCCCN1S(=O)(=O)c1ccc(Br)c(C(=O)N2CCCCC2C(=O)Nc2cc(Cl)ccc2Cl)c1. The van der Waals surface area contributed by atoms with Gasteiger partial charge in [-0.2, -0.15) is 4.31 Å². The van der Waals surface area contributed by atoms with Crippen LogP contribution in [0.4, 0.5) is 5.69 Å². The average molecular weight is 617 g/mol. The minimum absolute atomic E-state index is 0.0755. The van der Waals surface area contributed by atoms with Crippen molar-refractivity contribution in [3.63, 3.8) is 0 Å². The Kier molecular flexibility index (Phi) is 8.67. The molecule has 2 saturated heterocycles. The zero-order chi connectivity index (χ0) is 26.0. The summed E-state index contributed by atoms with van der Waals surface area (Å²) in [6.07, 6.45) is 4.63. The molecule has 1 N–H and O–H groups in total. The predicted octanol–water partition coefficient (Wildman–Crippen LogP) is 5.95. The summed E-state index contributed by atoms with van der Waals surface area (Å²) in [4.78, 5) is 28.5. The Balaban J connectivity index is 1.61. The number of benzene rings is 2. The van der Waals surface area contributed by atoms with E-state index in [1.165, 1.54) is 21.3 Å². The highest BCUT2D eigenvalue weighted by atomic mass is 79.9. The molecule has 7 nitrogen and oxygen atoms in total. The van der Waals surface area contributed by atoms with Crippen molar-refractivity contribution in [2.24, 2.45) is 0 Å². The molecule has 194 valence electrons. The molecule has 2 unspecified atom stereocenters. The Bertz CT molecular complexity index is 1270. The number of anilines is 1. The zero-order valence-corrected chi connectivity index (χ0v) is 23.8. The first-order valence-corrected chi connectivity index (χ1v) is 15.0. The van der Waals surface area contributed by atoms with Gasteiger partial charge in [-0.1, -0.05) is 29.6 Å². The number of hydrogen-bond acceptors (Lipinski definition) is 4. The fourth-order valence-corrected chi connectivity index (χ4v) is 7.28. The van der Waals surface area contributed by atoms with E-state index in [-0.39, 0.29) is 22.4 Å². The lowest BCUT2D eigenvalue weighted by Crippen LogP contribution is -2.50. The summed E-state index contributed by atoms with van der Waals surface area (Å²) in [5, 5.41) is 3.56. The fraction of sp³-hybridized carbons (Fsp3) is 0.440. The molecule has 2 amide bonds. The van der Waals surface area contributed by atoms with E-state index in [9.17, 15) is 18.0 Å². The number of hydrogen-bond donors (Lipinski definition) is 1. The maximum absolute atomic E-state index is 13.7. The number of halogens is 3. The van der Waals surface area contributed by atoms with Crippen LogP contribution in [0.2, 0.25) is 10.0 Å². The van der Waals surface area contributed by atoms with Crippen molar-refractivity contribution in [3.05, 3.63) is 56.5 Å². The van der Waals surface area contributed by atoms with Gasteiger partial charge in [0.15, 0.2) is 0 Å². The van der Waals surface area contributed by atoms with Crippen LogP contribution in [-0.4, -0.2) is 54.6 Å². The smallest absolute Gasteiger partial charge is 0.255 e. The van der Waals surface area contributed by atoms with Gasteiger partial charge in [0, 0.05) is 28.6 Å². The second-order valence-electron chi connectivity index (χ2n) is 9.23. The first-order chi connectivity index (χ1) is 17.1. The number of carbonyl (C=O) groups excluding carboxylic acids is 2. The van der Waals surface area contributed by atoms with Gasteiger partial charge in [0.25, 0.3) is 5.91 Å². The topological polar surface area (TPSA) is 86.8 Å². The number of nitrogens with one attached hydrogen (secondary N) is 1. The maximum atomic E-state index is 13.7. The third kappa shape index (κ3) is 5.75. The third-order valence-corrected chi connectivity index (χ3v) is 10.0. The highest BCUT2D eigenvalue weighted by Gasteiger charge is 2.35. The molecule has 2 atom stereocenters. The third-order valence-electron chi connectivity index (χ3n) is 6.77. The molecule has 0 spiro atoms. The minimum Gasteiger partial charge on any atom is -0.327 e. The van der Waals surface area contributed by atoms with Crippen molar-refractivity contribution in [2.75, 3.05) is 18.4 Å². The summed E-state index contributed by atoms with van der Waals surface area (Å²) >= 11 is 15.7. The molecular formula is C25H28BrCl2N3O4S. The van der Waals surface area contributed by atoms with Crippen molar-refractivity contribution in [1.29, 1.82) is 0 Å². The number of nitrogens with zero attached hydrogens (tertiary/aromatic N) is 2. The van der Waals surface area contributed by atoms with Gasteiger partial charge in [-0.25, -0.2) is 8.42 Å². The summed E-state index contributed by atoms with van der Waals surface area (Å²) in [6, 6.07) is 8.47. The highest BCUT2D eigenvalue weighted by Crippen LogP contribution is 2.31. The second-order valence-corrected chi connectivity index (χ2v) is 12.8. The Morgan fingerprint density at radius 3 is 2.47 bits per heavy atom. The molecule has 2 heterocycles. The lowest BCUT2D eigenvalue weighted by molar-refractivity contribution is -0.121. The number of likely N-dealkylation sites (tertiary alicyclic amines) is 1. The van der Waals surface area contributed by atoms with E-state index in [4.69, 9.17) is 23.2 Å². The van der Waals surface area contributed by atoms with Gasteiger partial charge in [-0.05, 0) is 91.4 Å². The molecule has 36 heavy (non-hydrogen) atoms. The van der Waals surface area contributed by atoms with E-state index >= 15 is 0 Å². The lowest BCUT2D eigenvalue weighted by atomic mass is 10.00. The second kappa shape index (κ2) is 11.4. The molecule has 2 aliphatic rings. The predicted molar refractivity (Wildman–Crippen MR) is 145 cm³/mol. The quantitative estimate of drug-likeness (QED) is 0.450. The Morgan fingerprint density at radius 2 is 1.72 bits per heavy atom. The molecule has 4 rings (SSSR count). The van der Waals surface area contributed by atoms with Crippen LogP contribution in [0.5, 0.6) is 0 Å². The molecule has 2 fully saturated rings. The average Bonchev–Trinajstić information content (AvgIpc) is 2.86. The van der Waals surface area contributed by atoms with Gasteiger partial charge in [-0.15, -0.1) is 0 Å².